The van der Waals surface area contributed by atoms with E-state index in [0.29, 0.717) is 0 Å². The Labute approximate surface area is 155 Å². The Hall–Kier alpha value is -2.70. The summed E-state index contributed by atoms with van der Waals surface area (Å²) in [6.07, 6.45) is 0. The van der Waals surface area contributed by atoms with Gasteiger partial charge < -0.3 is 9.55 Å². The molecule has 4 rings (SSSR count). The molecule has 3 aromatic heterocycles. The first kappa shape index (κ1) is 16.8. The van der Waals surface area contributed by atoms with Gasteiger partial charge in [0, 0.05) is 24.5 Å². The smallest absolute Gasteiger partial charge is 0.248 e. The maximum absolute atomic E-state index is 11.5. The number of rotatable bonds is 5. The lowest BCUT2D eigenvalue weighted by molar-refractivity contribution is 0.310. The van der Waals surface area contributed by atoms with Crippen LogP contribution in [0.15, 0.2) is 59.4 Å². The topological polar surface area (TPSA) is 53.9 Å². The average molecular weight is 364 g/mol. The number of fused-ring (bicyclic) bond motifs is 1. The van der Waals surface area contributed by atoms with Gasteiger partial charge in [-0.25, -0.2) is 4.98 Å². The van der Waals surface area contributed by atoms with Crippen LogP contribution in [0.2, 0.25) is 0 Å². The Balaban J connectivity index is 1.49. The van der Waals surface area contributed by atoms with Gasteiger partial charge in [-0.15, -0.1) is 11.3 Å². The van der Waals surface area contributed by atoms with Crippen molar-refractivity contribution < 1.29 is 0 Å². The second-order valence-electron chi connectivity index (χ2n) is 6.44. The highest BCUT2D eigenvalue weighted by atomic mass is 32.1. The molecule has 1 aromatic carbocycles. The van der Waals surface area contributed by atoms with Crippen LogP contribution in [0, 0.1) is 0 Å². The van der Waals surface area contributed by atoms with Crippen LogP contribution in [-0.4, -0.2) is 26.5 Å². The van der Waals surface area contributed by atoms with E-state index in [9.17, 15) is 4.79 Å². The summed E-state index contributed by atoms with van der Waals surface area (Å²) >= 11 is 1.70. The van der Waals surface area contributed by atoms with Gasteiger partial charge >= 0.3 is 0 Å². The van der Waals surface area contributed by atoms with E-state index in [2.05, 4.69) is 46.7 Å². The highest BCUT2D eigenvalue weighted by Gasteiger charge is 2.11. The minimum atomic E-state index is -0.0728. The molecule has 0 saturated heterocycles. The first-order valence-corrected chi connectivity index (χ1v) is 9.29. The van der Waals surface area contributed by atoms with Crippen LogP contribution in [-0.2, 0) is 20.1 Å². The van der Waals surface area contributed by atoms with Gasteiger partial charge in [-0.3, -0.25) is 9.69 Å². The average Bonchev–Trinajstić information content (AvgIpc) is 3.21. The number of aryl methyl sites for hydroxylation is 1. The minimum Gasteiger partial charge on any atom is -0.330 e. The molecule has 0 unspecified atom stereocenters. The molecule has 0 aliphatic rings. The van der Waals surface area contributed by atoms with Crippen LogP contribution in [0.4, 0.5) is 0 Å². The molecule has 0 bridgehead atoms. The third-order valence-electron chi connectivity index (χ3n) is 4.41. The molecule has 0 aliphatic carbocycles. The van der Waals surface area contributed by atoms with E-state index in [1.54, 1.807) is 17.4 Å². The number of benzene rings is 1. The van der Waals surface area contributed by atoms with Crippen molar-refractivity contribution in [3.8, 4) is 10.6 Å². The molecule has 6 heteroatoms. The second kappa shape index (κ2) is 6.90. The number of hydrogen-bond acceptors (Lipinski definition) is 4. The van der Waals surface area contributed by atoms with Crippen LogP contribution in [0.5, 0.6) is 0 Å². The van der Waals surface area contributed by atoms with E-state index in [0.717, 1.165) is 40.5 Å². The minimum absolute atomic E-state index is 0.0728. The summed E-state index contributed by atoms with van der Waals surface area (Å²) in [5, 5.41) is 0. The van der Waals surface area contributed by atoms with Crippen molar-refractivity contribution in [1.29, 1.82) is 0 Å². The van der Waals surface area contributed by atoms with Gasteiger partial charge in [0.2, 0.25) is 5.56 Å². The van der Waals surface area contributed by atoms with Crippen LogP contribution in [0.25, 0.3) is 21.6 Å². The Bertz CT molecular complexity index is 1110. The van der Waals surface area contributed by atoms with Crippen LogP contribution < -0.4 is 5.56 Å². The van der Waals surface area contributed by atoms with Gasteiger partial charge in [0.05, 0.1) is 28.1 Å². The first-order chi connectivity index (χ1) is 12.6. The van der Waals surface area contributed by atoms with E-state index in [4.69, 9.17) is 4.98 Å². The summed E-state index contributed by atoms with van der Waals surface area (Å²) < 4.78 is 2.15. The Kier molecular flexibility index (Phi) is 4.44. The molecule has 0 aliphatic heterocycles. The Morgan fingerprint density at radius 2 is 1.92 bits per heavy atom. The number of imidazole rings is 1. The van der Waals surface area contributed by atoms with Crippen molar-refractivity contribution in [2.45, 2.75) is 13.1 Å². The molecule has 132 valence electrons. The standard InChI is InChI=1S/C20H20N4OS/c1-23(13-19-21-15-6-3-4-8-17(15)24(19)2)12-14-10-11-18(26-14)16-7-5-9-20(25)22-16/h3-11H,12-13H2,1-2H3,(H,22,25). The SMILES string of the molecule is CN(Cc1ccc(-c2cccc(=O)[nH]2)s1)Cc1nc2ccccc2n1C. The fourth-order valence-electron chi connectivity index (χ4n) is 3.10. The van der Waals surface area contributed by atoms with Gasteiger partial charge in [-0.05, 0) is 37.4 Å². The van der Waals surface area contributed by atoms with Crippen LogP contribution >= 0.6 is 11.3 Å². The number of aromatic amines is 1. The zero-order valence-electron chi connectivity index (χ0n) is 14.8. The van der Waals surface area contributed by atoms with Crippen molar-refractivity contribution in [1.82, 2.24) is 19.4 Å². The molecular weight excluding hydrogens is 344 g/mol. The quantitative estimate of drug-likeness (QED) is 0.588. The predicted octanol–water partition coefficient (Wildman–Crippen LogP) is 3.62. The number of nitrogens with one attached hydrogen (secondary N) is 1. The molecule has 0 saturated carbocycles. The van der Waals surface area contributed by atoms with Gasteiger partial charge in [0.25, 0.3) is 0 Å². The molecule has 0 amide bonds. The summed E-state index contributed by atoms with van der Waals surface area (Å²) in [5.41, 5.74) is 2.98. The first-order valence-electron chi connectivity index (χ1n) is 8.47. The number of aromatic nitrogens is 3. The third-order valence-corrected chi connectivity index (χ3v) is 5.52. The number of pyridine rings is 1. The number of hydrogen-bond donors (Lipinski definition) is 1. The molecular formula is C20H20N4OS. The highest BCUT2D eigenvalue weighted by Crippen LogP contribution is 2.27. The summed E-state index contributed by atoms with van der Waals surface area (Å²) in [4.78, 5) is 23.7. The third kappa shape index (κ3) is 3.34. The number of para-hydroxylation sites is 2. The van der Waals surface area contributed by atoms with Crippen molar-refractivity contribution in [2.75, 3.05) is 7.05 Å². The molecule has 5 nitrogen and oxygen atoms in total. The summed E-state index contributed by atoms with van der Waals surface area (Å²) in [6.45, 7) is 1.62. The molecule has 4 aromatic rings. The molecule has 0 fully saturated rings. The fraction of sp³-hybridized carbons (Fsp3) is 0.200. The van der Waals surface area contributed by atoms with Crippen molar-refractivity contribution in [2.24, 2.45) is 7.05 Å². The summed E-state index contributed by atoms with van der Waals surface area (Å²) in [7, 11) is 4.16. The number of nitrogens with zero attached hydrogens (tertiary/aromatic N) is 3. The van der Waals surface area contributed by atoms with Crippen LogP contribution in [0.1, 0.15) is 10.7 Å². The molecule has 0 spiro atoms. The van der Waals surface area contributed by atoms with Gasteiger partial charge in [-0.1, -0.05) is 18.2 Å². The normalized spacial score (nSPS) is 11.5. The zero-order chi connectivity index (χ0) is 18.1. The van der Waals surface area contributed by atoms with E-state index in [-0.39, 0.29) is 5.56 Å². The van der Waals surface area contributed by atoms with Gasteiger partial charge in [0.1, 0.15) is 5.82 Å². The number of thiophene rings is 1. The second-order valence-corrected chi connectivity index (χ2v) is 7.61. The predicted molar refractivity (Wildman–Crippen MR) is 106 cm³/mol. The lowest BCUT2D eigenvalue weighted by Crippen LogP contribution is -2.19. The molecule has 3 heterocycles. The number of H-pyrrole nitrogens is 1. The van der Waals surface area contributed by atoms with Crippen molar-refractivity contribution in [3.63, 3.8) is 0 Å². The maximum atomic E-state index is 11.5. The van der Waals surface area contributed by atoms with Crippen LogP contribution in [0.3, 0.4) is 0 Å². The summed E-state index contributed by atoms with van der Waals surface area (Å²) in [6, 6.07) is 17.6. The highest BCUT2D eigenvalue weighted by molar-refractivity contribution is 7.15. The van der Waals surface area contributed by atoms with Crippen molar-refractivity contribution in [3.05, 3.63) is 75.7 Å². The van der Waals surface area contributed by atoms with Crippen molar-refractivity contribution >= 4 is 22.4 Å². The molecule has 0 radical (unpaired) electrons. The molecule has 1 N–H and O–H groups in total. The largest absolute Gasteiger partial charge is 0.330 e. The Morgan fingerprint density at radius 3 is 2.73 bits per heavy atom. The lowest BCUT2D eigenvalue weighted by Gasteiger charge is -2.15. The lowest BCUT2D eigenvalue weighted by atomic mass is 10.3. The fourth-order valence-corrected chi connectivity index (χ4v) is 4.17. The van der Waals surface area contributed by atoms with E-state index < -0.39 is 0 Å². The maximum Gasteiger partial charge on any atom is 0.248 e. The Morgan fingerprint density at radius 1 is 1.08 bits per heavy atom. The zero-order valence-corrected chi connectivity index (χ0v) is 15.6. The van der Waals surface area contributed by atoms with E-state index in [1.807, 2.05) is 24.3 Å². The van der Waals surface area contributed by atoms with Gasteiger partial charge in [0.15, 0.2) is 0 Å². The summed E-state index contributed by atoms with van der Waals surface area (Å²) in [5.74, 6) is 1.05. The van der Waals surface area contributed by atoms with E-state index >= 15 is 0 Å². The molecule has 0 atom stereocenters. The van der Waals surface area contributed by atoms with Gasteiger partial charge in [-0.2, -0.15) is 0 Å². The van der Waals surface area contributed by atoms with E-state index in [1.165, 1.54) is 10.9 Å². The monoisotopic (exact) mass is 364 g/mol. The molecule has 26 heavy (non-hydrogen) atoms.